The summed E-state index contributed by atoms with van der Waals surface area (Å²) in [5.41, 5.74) is 2.46. The third kappa shape index (κ3) is 6.54. The lowest BCUT2D eigenvalue weighted by Gasteiger charge is -2.13. The van der Waals surface area contributed by atoms with E-state index in [1.165, 1.54) is 6.20 Å². The highest BCUT2D eigenvalue weighted by molar-refractivity contribution is 5.93. The molecule has 3 aromatic rings. The Morgan fingerprint density at radius 1 is 1.09 bits per heavy atom. The fourth-order valence-electron chi connectivity index (χ4n) is 3.41. The van der Waals surface area contributed by atoms with E-state index in [0.29, 0.717) is 36.1 Å². The molecule has 34 heavy (non-hydrogen) atoms. The molecule has 1 aromatic carbocycles. The number of H-pyrrole nitrogens is 1. The van der Waals surface area contributed by atoms with Crippen molar-refractivity contribution in [3.8, 4) is 22.7 Å². The average molecular weight is 468 g/mol. The number of carbonyl (C=O) groups excluding carboxylic acids is 2. The van der Waals surface area contributed by atoms with Crippen molar-refractivity contribution >= 4 is 11.8 Å². The third-order valence-electron chi connectivity index (χ3n) is 5.37. The van der Waals surface area contributed by atoms with E-state index in [2.05, 4.69) is 25.8 Å². The van der Waals surface area contributed by atoms with Gasteiger partial charge in [-0.3, -0.25) is 14.7 Å². The predicted molar refractivity (Wildman–Crippen MR) is 129 cm³/mol. The van der Waals surface area contributed by atoms with Crippen LogP contribution in [0, 0.1) is 0 Å². The van der Waals surface area contributed by atoms with Crippen molar-refractivity contribution in [3.05, 3.63) is 48.0 Å². The molecule has 0 aliphatic heterocycles. The fourth-order valence-corrected chi connectivity index (χ4v) is 3.41. The molecule has 0 fully saturated rings. The number of amides is 2. The number of nitrogens with one attached hydrogen (secondary N) is 3. The molecule has 182 valence electrons. The van der Waals surface area contributed by atoms with Gasteiger partial charge in [0.05, 0.1) is 18.5 Å². The molecule has 0 aliphatic carbocycles. The molecule has 9 nitrogen and oxygen atoms in total. The van der Waals surface area contributed by atoms with E-state index < -0.39 is 0 Å². The lowest BCUT2D eigenvalue weighted by Crippen LogP contribution is -2.36. The zero-order valence-corrected chi connectivity index (χ0v) is 20.2. The van der Waals surface area contributed by atoms with Crippen molar-refractivity contribution in [3.63, 3.8) is 0 Å². The zero-order valence-electron chi connectivity index (χ0n) is 20.2. The van der Waals surface area contributed by atoms with Crippen LogP contribution in [0.15, 0.2) is 40.9 Å². The van der Waals surface area contributed by atoms with Gasteiger partial charge in [-0.1, -0.05) is 32.9 Å². The van der Waals surface area contributed by atoms with Gasteiger partial charge in [0.15, 0.2) is 0 Å². The largest absolute Gasteiger partial charge is 0.431 e. The second kappa shape index (κ2) is 12.1. The first-order valence-corrected chi connectivity index (χ1v) is 11.8. The summed E-state index contributed by atoms with van der Waals surface area (Å²) in [5, 5.41) is 12.9. The Labute approximate surface area is 199 Å². The predicted octanol–water partition coefficient (Wildman–Crippen LogP) is 4.20. The summed E-state index contributed by atoms with van der Waals surface area (Å²) in [4.78, 5) is 29.2. The molecule has 9 heteroatoms. The quantitative estimate of drug-likeness (QED) is 0.343. The number of hydrogen-bond acceptors (Lipinski definition) is 6. The van der Waals surface area contributed by atoms with E-state index in [4.69, 9.17) is 9.15 Å². The lowest BCUT2D eigenvalue weighted by molar-refractivity contribution is 0.0849. The van der Waals surface area contributed by atoms with E-state index >= 15 is 0 Å². The van der Waals surface area contributed by atoms with Gasteiger partial charge in [0.1, 0.15) is 5.69 Å². The van der Waals surface area contributed by atoms with Crippen LogP contribution in [0.3, 0.4) is 0 Å². The molecule has 0 radical (unpaired) electrons. The van der Waals surface area contributed by atoms with Gasteiger partial charge in [-0.25, -0.2) is 4.98 Å². The van der Waals surface area contributed by atoms with Crippen LogP contribution in [-0.4, -0.2) is 52.3 Å². The standard InChI is InChI=1S/C25H33N5O4/c1-5-11-33-15-16(4)27-23(31)21-13-20(29-30-21)17-9-8-10-18(12-17)25-26-14-22(34-25)24(32)28-19(6-2)7-3/h8-10,12-14,16,19H,5-7,11,15H2,1-4H3,(H,27,31)(H,28,32)(H,29,30). The molecule has 3 N–H and O–H groups in total. The van der Waals surface area contributed by atoms with Crippen molar-refractivity contribution in [1.82, 2.24) is 25.8 Å². The minimum atomic E-state index is -0.277. The zero-order chi connectivity index (χ0) is 24.5. The SMILES string of the molecule is CCCOCC(C)NC(=O)c1cc(-c2cccc(-c3ncc(C(=O)NC(CC)CC)o3)c2)n[nH]1. The minimum absolute atomic E-state index is 0.0993. The number of nitrogens with zero attached hydrogens (tertiary/aromatic N) is 2. The van der Waals surface area contributed by atoms with Crippen molar-refractivity contribution in [2.75, 3.05) is 13.2 Å². The molecule has 2 heterocycles. The number of carbonyl (C=O) groups is 2. The van der Waals surface area contributed by atoms with E-state index in [9.17, 15) is 9.59 Å². The second-order valence-corrected chi connectivity index (χ2v) is 8.21. The van der Waals surface area contributed by atoms with Gasteiger partial charge in [-0.15, -0.1) is 0 Å². The van der Waals surface area contributed by atoms with Crippen LogP contribution >= 0.6 is 0 Å². The van der Waals surface area contributed by atoms with E-state index in [-0.39, 0.29) is 29.7 Å². The Bertz CT molecular complexity index is 1090. The number of benzene rings is 1. The van der Waals surface area contributed by atoms with Crippen molar-refractivity contribution in [2.24, 2.45) is 0 Å². The minimum Gasteiger partial charge on any atom is -0.431 e. The molecule has 0 spiro atoms. The van der Waals surface area contributed by atoms with Gasteiger partial charge in [-0.2, -0.15) is 5.10 Å². The summed E-state index contributed by atoms with van der Waals surface area (Å²) in [6.45, 7) is 9.10. The molecule has 0 aliphatic rings. The van der Waals surface area contributed by atoms with Crippen LogP contribution in [-0.2, 0) is 4.74 Å². The summed E-state index contributed by atoms with van der Waals surface area (Å²) in [6, 6.07) is 9.10. The van der Waals surface area contributed by atoms with E-state index in [0.717, 1.165) is 24.8 Å². The summed E-state index contributed by atoms with van der Waals surface area (Å²) in [6.07, 6.45) is 4.06. The van der Waals surface area contributed by atoms with E-state index in [1.807, 2.05) is 52.0 Å². The smallest absolute Gasteiger partial charge is 0.288 e. The normalized spacial score (nSPS) is 12.0. The number of ether oxygens (including phenoxy) is 1. The summed E-state index contributed by atoms with van der Waals surface area (Å²) >= 11 is 0. The van der Waals surface area contributed by atoms with Crippen LogP contribution in [0.2, 0.25) is 0 Å². The van der Waals surface area contributed by atoms with Crippen LogP contribution in [0.5, 0.6) is 0 Å². The van der Waals surface area contributed by atoms with Gasteiger partial charge >= 0.3 is 0 Å². The monoisotopic (exact) mass is 467 g/mol. The number of rotatable bonds is 12. The Morgan fingerprint density at radius 3 is 2.59 bits per heavy atom. The summed E-state index contributed by atoms with van der Waals surface area (Å²) in [5.74, 6) is -0.0155. The molecule has 0 saturated carbocycles. The van der Waals surface area contributed by atoms with E-state index in [1.54, 1.807) is 6.07 Å². The highest BCUT2D eigenvalue weighted by Crippen LogP contribution is 2.25. The molecule has 1 atom stereocenters. The first-order valence-electron chi connectivity index (χ1n) is 11.8. The Balaban J connectivity index is 1.69. The number of oxazole rings is 1. The first-order chi connectivity index (χ1) is 16.4. The van der Waals surface area contributed by atoms with Crippen molar-refractivity contribution in [1.29, 1.82) is 0 Å². The highest BCUT2D eigenvalue weighted by Gasteiger charge is 2.18. The maximum Gasteiger partial charge on any atom is 0.288 e. The third-order valence-corrected chi connectivity index (χ3v) is 5.37. The molecule has 2 aromatic heterocycles. The lowest BCUT2D eigenvalue weighted by atomic mass is 10.1. The van der Waals surface area contributed by atoms with Gasteiger partial charge in [0.2, 0.25) is 11.7 Å². The molecular weight excluding hydrogens is 434 g/mol. The van der Waals surface area contributed by atoms with Gasteiger partial charge in [0, 0.05) is 29.8 Å². The molecule has 0 saturated heterocycles. The van der Waals surface area contributed by atoms with Crippen molar-refractivity contribution < 1.29 is 18.7 Å². The molecule has 0 bridgehead atoms. The number of aromatic nitrogens is 3. The Kier molecular flexibility index (Phi) is 8.98. The average Bonchev–Trinajstić information content (AvgIpc) is 3.53. The molecule has 1 unspecified atom stereocenters. The van der Waals surface area contributed by atoms with Crippen LogP contribution in [0.1, 0.15) is 68.0 Å². The van der Waals surface area contributed by atoms with Gasteiger partial charge in [0.25, 0.3) is 11.8 Å². The molecule has 2 amide bonds. The fraction of sp³-hybridized carbons (Fsp3) is 0.440. The summed E-state index contributed by atoms with van der Waals surface area (Å²) < 4.78 is 11.2. The Hall–Kier alpha value is -3.46. The number of hydrogen-bond donors (Lipinski definition) is 3. The maximum atomic E-state index is 12.5. The number of aromatic amines is 1. The summed E-state index contributed by atoms with van der Waals surface area (Å²) in [7, 11) is 0. The molecular formula is C25H33N5O4. The van der Waals surface area contributed by atoms with Crippen LogP contribution in [0.25, 0.3) is 22.7 Å². The van der Waals surface area contributed by atoms with Crippen molar-refractivity contribution in [2.45, 2.75) is 59.0 Å². The Morgan fingerprint density at radius 2 is 1.85 bits per heavy atom. The van der Waals surface area contributed by atoms with Crippen LogP contribution in [0.4, 0.5) is 0 Å². The van der Waals surface area contributed by atoms with Gasteiger partial charge < -0.3 is 19.8 Å². The second-order valence-electron chi connectivity index (χ2n) is 8.21. The first kappa shape index (κ1) is 25.2. The van der Waals surface area contributed by atoms with Crippen LogP contribution < -0.4 is 10.6 Å². The topological polar surface area (TPSA) is 122 Å². The molecule has 3 rings (SSSR count). The maximum absolute atomic E-state index is 12.5. The van der Waals surface area contributed by atoms with Gasteiger partial charge in [-0.05, 0) is 44.4 Å². The highest BCUT2D eigenvalue weighted by atomic mass is 16.5.